The molecular formula is C15H20N2O3. The van der Waals surface area contributed by atoms with Crippen molar-refractivity contribution in [3.63, 3.8) is 0 Å². The monoisotopic (exact) mass is 276 g/mol. The molecule has 1 saturated carbocycles. The van der Waals surface area contributed by atoms with E-state index in [4.69, 9.17) is 4.74 Å². The van der Waals surface area contributed by atoms with Crippen molar-refractivity contribution in [2.45, 2.75) is 39.0 Å². The Morgan fingerprint density at radius 2 is 2.30 bits per heavy atom. The second-order valence-corrected chi connectivity index (χ2v) is 6.35. The number of benzene rings is 1. The van der Waals surface area contributed by atoms with Crippen LogP contribution in [0.4, 0.5) is 5.69 Å². The van der Waals surface area contributed by atoms with E-state index in [-0.39, 0.29) is 16.0 Å². The quantitative estimate of drug-likeness (QED) is 0.678. The van der Waals surface area contributed by atoms with Gasteiger partial charge in [-0.1, -0.05) is 26.0 Å². The molecule has 20 heavy (non-hydrogen) atoms. The number of rotatable bonds is 4. The molecule has 5 nitrogen and oxygen atoms in total. The lowest BCUT2D eigenvalue weighted by molar-refractivity contribution is -0.384. The van der Waals surface area contributed by atoms with Gasteiger partial charge in [-0.05, 0) is 12.0 Å². The number of hydrogen-bond acceptors (Lipinski definition) is 4. The number of nitro groups is 1. The summed E-state index contributed by atoms with van der Waals surface area (Å²) < 4.78 is 5.77. The van der Waals surface area contributed by atoms with E-state index >= 15 is 0 Å². The van der Waals surface area contributed by atoms with Gasteiger partial charge in [-0.15, -0.1) is 0 Å². The highest BCUT2D eigenvalue weighted by atomic mass is 16.6. The molecular weight excluding hydrogens is 256 g/mol. The lowest BCUT2D eigenvalue weighted by atomic mass is 9.57. The first kappa shape index (κ1) is 13.5. The Labute approximate surface area is 118 Å². The summed E-state index contributed by atoms with van der Waals surface area (Å²) in [4.78, 5) is 10.4. The third-order valence-electron chi connectivity index (χ3n) is 4.75. The van der Waals surface area contributed by atoms with Crippen LogP contribution in [-0.4, -0.2) is 23.7 Å². The molecule has 1 N–H and O–H groups in total. The molecule has 3 unspecified atom stereocenters. The molecule has 2 aliphatic rings. The number of ether oxygens (including phenoxy) is 1. The van der Waals surface area contributed by atoms with E-state index in [2.05, 4.69) is 19.2 Å². The lowest BCUT2D eigenvalue weighted by Gasteiger charge is -2.55. The van der Waals surface area contributed by atoms with Gasteiger partial charge in [0, 0.05) is 42.7 Å². The Bertz CT molecular complexity index is 530. The predicted molar refractivity (Wildman–Crippen MR) is 75.4 cm³/mol. The molecule has 0 radical (unpaired) electrons. The topological polar surface area (TPSA) is 64.4 Å². The van der Waals surface area contributed by atoms with Crippen molar-refractivity contribution >= 4 is 5.69 Å². The number of fused-ring (bicyclic) bond motifs is 1. The van der Waals surface area contributed by atoms with E-state index in [1.807, 2.05) is 6.07 Å². The molecule has 0 aromatic heterocycles. The van der Waals surface area contributed by atoms with Crippen LogP contribution >= 0.6 is 0 Å². The zero-order valence-electron chi connectivity index (χ0n) is 11.8. The molecule has 1 aromatic carbocycles. The molecule has 3 atom stereocenters. The summed E-state index contributed by atoms with van der Waals surface area (Å²) in [5.74, 6) is 0.587. The van der Waals surface area contributed by atoms with E-state index < -0.39 is 0 Å². The first-order chi connectivity index (χ1) is 9.50. The van der Waals surface area contributed by atoms with E-state index in [0.29, 0.717) is 24.6 Å². The van der Waals surface area contributed by atoms with Crippen LogP contribution in [0, 0.1) is 21.4 Å². The van der Waals surface area contributed by atoms with E-state index in [9.17, 15) is 10.1 Å². The van der Waals surface area contributed by atoms with Gasteiger partial charge in [0.2, 0.25) is 0 Å². The summed E-state index contributed by atoms with van der Waals surface area (Å²) in [6, 6.07) is 7.25. The lowest BCUT2D eigenvalue weighted by Crippen LogP contribution is -2.65. The smallest absolute Gasteiger partial charge is 0.269 e. The fraction of sp³-hybridized carbons (Fsp3) is 0.600. The number of hydrogen-bond donors (Lipinski definition) is 1. The summed E-state index contributed by atoms with van der Waals surface area (Å²) in [5, 5.41) is 14.3. The minimum absolute atomic E-state index is 0.141. The van der Waals surface area contributed by atoms with Crippen molar-refractivity contribution in [2.24, 2.45) is 11.3 Å². The van der Waals surface area contributed by atoms with Crippen LogP contribution in [-0.2, 0) is 11.3 Å². The van der Waals surface area contributed by atoms with Crippen molar-refractivity contribution < 1.29 is 9.66 Å². The van der Waals surface area contributed by atoms with Crippen LogP contribution in [0.25, 0.3) is 0 Å². The standard InChI is InChI=1S/C15H20N2O3/c1-15(2)13(12-6-7-20-14(12)15)16-9-10-4-3-5-11(8-10)17(18)19/h3-5,8,12-14,16H,6-7,9H2,1-2H3. The first-order valence-corrected chi connectivity index (χ1v) is 7.08. The third kappa shape index (κ3) is 2.11. The summed E-state index contributed by atoms with van der Waals surface area (Å²) in [5.41, 5.74) is 1.25. The van der Waals surface area contributed by atoms with Gasteiger partial charge in [-0.3, -0.25) is 10.1 Å². The normalized spacial score (nSPS) is 30.6. The van der Waals surface area contributed by atoms with Gasteiger partial charge in [0.15, 0.2) is 0 Å². The Kier molecular flexibility index (Phi) is 3.26. The summed E-state index contributed by atoms with van der Waals surface area (Å²) in [7, 11) is 0. The minimum Gasteiger partial charge on any atom is -0.377 e. The van der Waals surface area contributed by atoms with Crippen LogP contribution < -0.4 is 5.32 Å². The predicted octanol–water partition coefficient (Wildman–Crippen LogP) is 2.50. The van der Waals surface area contributed by atoms with Gasteiger partial charge in [-0.2, -0.15) is 0 Å². The Morgan fingerprint density at radius 1 is 1.50 bits per heavy atom. The molecule has 108 valence electrons. The second kappa shape index (κ2) is 4.82. The largest absolute Gasteiger partial charge is 0.377 e. The van der Waals surface area contributed by atoms with Gasteiger partial charge in [0.1, 0.15) is 0 Å². The van der Waals surface area contributed by atoms with Crippen LogP contribution in [0.1, 0.15) is 25.8 Å². The minimum atomic E-state index is -0.350. The molecule has 1 saturated heterocycles. The highest BCUT2D eigenvalue weighted by molar-refractivity contribution is 5.34. The van der Waals surface area contributed by atoms with Crippen molar-refractivity contribution in [1.29, 1.82) is 0 Å². The van der Waals surface area contributed by atoms with Gasteiger partial charge in [0.05, 0.1) is 11.0 Å². The molecule has 1 heterocycles. The maximum absolute atomic E-state index is 10.8. The highest BCUT2D eigenvalue weighted by Gasteiger charge is 2.58. The van der Waals surface area contributed by atoms with Gasteiger partial charge in [0.25, 0.3) is 5.69 Å². The second-order valence-electron chi connectivity index (χ2n) is 6.35. The van der Waals surface area contributed by atoms with Crippen molar-refractivity contribution in [3.05, 3.63) is 39.9 Å². The van der Waals surface area contributed by atoms with E-state index in [1.165, 1.54) is 6.07 Å². The molecule has 5 heteroatoms. The van der Waals surface area contributed by atoms with Crippen LogP contribution in [0.5, 0.6) is 0 Å². The summed E-state index contributed by atoms with van der Waals surface area (Å²) in [6.45, 7) is 5.97. The van der Waals surface area contributed by atoms with Crippen LogP contribution in [0.3, 0.4) is 0 Å². The van der Waals surface area contributed by atoms with Crippen LogP contribution in [0.2, 0.25) is 0 Å². The molecule has 3 rings (SSSR count). The molecule has 0 bridgehead atoms. The molecule has 1 aromatic rings. The highest BCUT2D eigenvalue weighted by Crippen LogP contribution is 2.52. The Balaban J connectivity index is 1.65. The van der Waals surface area contributed by atoms with Crippen molar-refractivity contribution in [3.8, 4) is 0 Å². The van der Waals surface area contributed by atoms with Crippen LogP contribution in [0.15, 0.2) is 24.3 Å². The Hall–Kier alpha value is -1.46. The SMILES string of the molecule is CC1(C)C(NCc2cccc([N+](=O)[O-])c2)C2CCOC21. The number of nitro benzene ring substituents is 1. The zero-order valence-corrected chi connectivity index (χ0v) is 11.8. The van der Waals surface area contributed by atoms with Gasteiger partial charge < -0.3 is 10.1 Å². The third-order valence-corrected chi connectivity index (χ3v) is 4.75. The molecule has 1 aliphatic heterocycles. The fourth-order valence-corrected chi connectivity index (χ4v) is 3.75. The van der Waals surface area contributed by atoms with Crippen molar-refractivity contribution in [2.75, 3.05) is 6.61 Å². The molecule has 2 fully saturated rings. The maximum Gasteiger partial charge on any atom is 0.269 e. The fourth-order valence-electron chi connectivity index (χ4n) is 3.75. The summed E-state index contributed by atoms with van der Waals surface area (Å²) in [6.07, 6.45) is 1.48. The van der Waals surface area contributed by atoms with Gasteiger partial charge in [-0.25, -0.2) is 0 Å². The molecule has 0 amide bonds. The number of non-ortho nitro benzene ring substituents is 1. The van der Waals surface area contributed by atoms with Crippen molar-refractivity contribution in [1.82, 2.24) is 5.32 Å². The average Bonchev–Trinajstić information content (AvgIpc) is 2.86. The number of nitrogens with zero attached hydrogens (tertiary/aromatic N) is 1. The Morgan fingerprint density at radius 3 is 3.05 bits per heavy atom. The first-order valence-electron chi connectivity index (χ1n) is 7.08. The summed E-state index contributed by atoms with van der Waals surface area (Å²) >= 11 is 0. The number of nitrogens with one attached hydrogen (secondary N) is 1. The average molecular weight is 276 g/mol. The van der Waals surface area contributed by atoms with E-state index in [1.54, 1.807) is 12.1 Å². The maximum atomic E-state index is 10.8. The molecule has 1 aliphatic carbocycles. The van der Waals surface area contributed by atoms with Gasteiger partial charge >= 0.3 is 0 Å². The van der Waals surface area contributed by atoms with E-state index in [0.717, 1.165) is 18.6 Å². The molecule has 0 spiro atoms. The zero-order chi connectivity index (χ0) is 14.3.